The van der Waals surface area contributed by atoms with Gasteiger partial charge in [-0.15, -0.1) is 0 Å². The molecule has 8 heteroatoms. The number of hydrogen-bond acceptors (Lipinski definition) is 7. The molecule has 5 rings (SSSR count). The van der Waals surface area contributed by atoms with E-state index in [9.17, 15) is 14.9 Å². The largest absolute Gasteiger partial charge is 0.466 e. The minimum atomic E-state index is -0.920. The second kappa shape index (κ2) is 10.0. The van der Waals surface area contributed by atoms with Gasteiger partial charge in [0.05, 0.1) is 37.4 Å². The first kappa shape index (κ1) is 25.1. The molecule has 0 saturated carbocycles. The lowest BCUT2D eigenvalue weighted by molar-refractivity contribution is -0.139. The highest BCUT2D eigenvalue weighted by atomic mass is 79.9. The lowest BCUT2D eigenvalue weighted by Gasteiger charge is -2.36. The van der Waals surface area contributed by atoms with E-state index in [1.165, 1.54) is 19.1 Å². The smallest absolute Gasteiger partial charge is 0.355 e. The summed E-state index contributed by atoms with van der Waals surface area (Å²) < 4.78 is 11.2. The topological polar surface area (TPSA) is 106 Å². The minimum Gasteiger partial charge on any atom is -0.466 e. The van der Waals surface area contributed by atoms with Crippen molar-refractivity contribution in [2.45, 2.75) is 5.92 Å². The molecule has 0 radical (unpaired) electrons. The van der Waals surface area contributed by atoms with E-state index < -0.39 is 17.9 Å². The quantitative estimate of drug-likeness (QED) is 0.251. The van der Waals surface area contributed by atoms with E-state index in [-0.39, 0.29) is 22.7 Å². The Labute approximate surface area is 227 Å². The predicted molar refractivity (Wildman–Crippen MR) is 149 cm³/mol. The number of nitrogens with zero attached hydrogens (tertiary/aromatic N) is 2. The molecule has 188 valence electrons. The number of nitrogens with two attached hydrogens (primary N) is 1. The predicted octanol–water partition coefficient (Wildman–Crippen LogP) is 5.65. The number of halogens is 1. The molecular formula is C30H22BrN3O4. The zero-order valence-electron chi connectivity index (χ0n) is 20.6. The average molecular weight is 568 g/mol. The molecule has 38 heavy (non-hydrogen) atoms. The molecule has 1 heterocycles. The number of methoxy groups -OCH3 is 2. The van der Waals surface area contributed by atoms with Crippen LogP contribution in [0.4, 0.5) is 5.69 Å². The fourth-order valence-corrected chi connectivity index (χ4v) is 5.56. The van der Waals surface area contributed by atoms with Gasteiger partial charge >= 0.3 is 11.9 Å². The van der Waals surface area contributed by atoms with Crippen LogP contribution in [-0.2, 0) is 19.1 Å². The van der Waals surface area contributed by atoms with Gasteiger partial charge in [0.2, 0.25) is 0 Å². The summed E-state index contributed by atoms with van der Waals surface area (Å²) in [6, 6.07) is 26.6. The number of hydrogen-bond donors (Lipinski definition) is 1. The average Bonchev–Trinajstić information content (AvgIpc) is 2.96. The number of carbonyl (C=O) groups excluding carboxylic acids is 2. The van der Waals surface area contributed by atoms with Crippen LogP contribution in [0.3, 0.4) is 0 Å². The van der Waals surface area contributed by atoms with Gasteiger partial charge in [0, 0.05) is 10.2 Å². The van der Waals surface area contributed by atoms with E-state index in [1.807, 2.05) is 48.5 Å². The van der Waals surface area contributed by atoms with Gasteiger partial charge in [-0.2, -0.15) is 5.26 Å². The maximum absolute atomic E-state index is 13.3. The van der Waals surface area contributed by atoms with Gasteiger partial charge in [0.15, 0.2) is 0 Å². The molecule has 0 fully saturated rings. The zero-order valence-corrected chi connectivity index (χ0v) is 22.2. The summed E-state index contributed by atoms with van der Waals surface area (Å²) in [5.74, 6) is -2.45. The molecule has 1 unspecified atom stereocenters. The number of esters is 2. The Morgan fingerprint density at radius 1 is 0.895 bits per heavy atom. The number of anilines is 1. The fraction of sp³-hybridized carbons (Fsp3) is 0.100. The highest BCUT2D eigenvalue weighted by Gasteiger charge is 2.43. The summed E-state index contributed by atoms with van der Waals surface area (Å²) in [7, 11) is 2.45. The Bertz CT molecular complexity index is 1720. The van der Waals surface area contributed by atoms with Crippen molar-refractivity contribution in [3.05, 3.63) is 112 Å². The second-order valence-corrected chi connectivity index (χ2v) is 9.50. The van der Waals surface area contributed by atoms with Crippen LogP contribution in [0.5, 0.6) is 0 Å². The Morgan fingerprint density at radius 3 is 2.21 bits per heavy atom. The summed E-state index contributed by atoms with van der Waals surface area (Å²) in [6.07, 6.45) is 0. The van der Waals surface area contributed by atoms with Gasteiger partial charge in [-0.05, 0) is 45.3 Å². The van der Waals surface area contributed by atoms with E-state index in [0.717, 1.165) is 26.0 Å². The van der Waals surface area contributed by atoms with Gasteiger partial charge in [0.25, 0.3) is 0 Å². The Balaban J connectivity index is 1.85. The number of fused-ring (bicyclic) bond motifs is 3. The van der Waals surface area contributed by atoms with Gasteiger partial charge < -0.3 is 15.2 Å². The highest BCUT2D eigenvalue weighted by Crippen LogP contribution is 2.44. The van der Waals surface area contributed by atoms with E-state index in [1.54, 1.807) is 30.3 Å². The van der Waals surface area contributed by atoms with Crippen LogP contribution in [0.2, 0.25) is 0 Å². The lowest BCUT2D eigenvalue weighted by Crippen LogP contribution is -2.40. The van der Waals surface area contributed by atoms with Crippen molar-refractivity contribution < 1.29 is 19.1 Å². The molecule has 1 aliphatic heterocycles. The third kappa shape index (κ3) is 3.98. The SMILES string of the molecule is COC(=O)C1=C(C(=O)OC)N(c2ccc3cc(Br)c4ccccc4c3c2)C(N)=C(C#N)C1c1ccccc1. The van der Waals surface area contributed by atoms with Crippen LogP contribution in [0.1, 0.15) is 11.5 Å². The molecule has 4 aromatic carbocycles. The third-order valence-electron chi connectivity index (χ3n) is 6.66. The highest BCUT2D eigenvalue weighted by molar-refractivity contribution is 9.10. The molecule has 0 bridgehead atoms. The van der Waals surface area contributed by atoms with Gasteiger partial charge in [-0.3, -0.25) is 4.90 Å². The van der Waals surface area contributed by atoms with Crippen molar-refractivity contribution in [3.63, 3.8) is 0 Å². The number of allylic oxidation sites excluding steroid dienone is 1. The summed E-state index contributed by atoms with van der Waals surface area (Å²) in [6.45, 7) is 0. The van der Waals surface area contributed by atoms with E-state index >= 15 is 0 Å². The molecule has 0 saturated heterocycles. The van der Waals surface area contributed by atoms with Crippen LogP contribution in [0.15, 0.2) is 106 Å². The van der Waals surface area contributed by atoms with E-state index in [0.29, 0.717) is 11.3 Å². The number of rotatable bonds is 4. The van der Waals surface area contributed by atoms with Crippen LogP contribution in [0, 0.1) is 11.3 Å². The van der Waals surface area contributed by atoms with Crippen molar-refractivity contribution in [2.75, 3.05) is 19.1 Å². The van der Waals surface area contributed by atoms with Crippen LogP contribution in [0.25, 0.3) is 21.5 Å². The maximum Gasteiger partial charge on any atom is 0.355 e. The Hall–Kier alpha value is -4.61. The number of ether oxygens (including phenoxy) is 2. The Kier molecular flexibility index (Phi) is 6.62. The number of carbonyl (C=O) groups is 2. The van der Waals surface area contributed by atoms with Crippen LogP contribution in [-0.4, -0.2) is 26.2 Å². The fourth-order valence-electron chi connectivity index (χ4n) is 4.96. The molecule has 0 spiro atoms. The summed E-state index contributed by atoms with van der Waals surface area (Å²) in [4.78, 5) is 28.0. The molecule has 7 nitrogen and oxygen atoms in total. The van der Waals surface area contributed by atoms with Crippen molar-refractivity contribution in [3.8, 4) is 6.07 Å². The molecular weight excluding hydrogens is 546 g/mol. The van der Waals surface area contributed by atoms with Crippen molar-refractivity contribution >= 4 is 55.1 Å². The van der Waals surface area contributed by atoms with E-state index in [2.05, 4.69) is 22.0 Å². The minimum absolute atomic E-state index is 0.0233. The maximum atomic E-state index is 13.3. The van der Waals surface area contributed by atoms with Gasteiger partial charge in [-0.25, -0.2) is 9.59 Å². The van der Waals surface area contributed by atoms with Crippen LogP contribution < -0.4 is 10.6 Å². The molecule has 2 N–H and O–H groups in total. The van der Waals surface area contributed by atoms with Crippen molar-refractivity contribution in [1.82, 2.24) is 0 Å². The molecule has 0 aliphatic carbocycles. The van der Waals surface area contributed by atoms with Crippen LogP contribution >= 0.6 is 15.9 Å². The van der Waals surface area contributed by atoms with Crippen molar-refractivity contribution in [2.24, 2.45) is 5.73 Å². The van der Waals surface area contributed by atoms with Gasteiger partial charge in [0.1, 0.15) is 11.5 Å². The van der Waals surface area contributed by atoms with E-state index in [4.69, 9.17) is 15.2 Å². The monoisotopic (exact) mass is 567 g/mol. The Morgan fingerprint density at radius 2 is 1.55 bits per heavy atom. The third-order valence-corrected chi connectivity index (χ3v) is 7.32. The first-order valence-corrected chi connectivity index (χ1v) is 12.5. The molecule has 0 aromatic heterocycles. The zero-order chi connectivity index (χ0) is 27.0. The summed E-state index contributed by atoms with van der Waals surface area (Å²) in [5, 5.41) is 14.1. The molecule has 1 aliphatic rings. The van der Waals surface area contributed by atoms with Gasteiger partial charge in [-0.1, -0.05) is 76.6 Å². The molecule has 4 aromatic rings. The van der Waals surface area contributed by atoms with Crippen molar-refractivity contribution in [1.29, 1.82) is 5.26 Å². The second-order valence-electron chi connectivity index (χ2n) is 8.64. The lowest BCUT2D eigenvalue weighted by atomic mass is 9.81. The molecule has 0 amide bonds. The summed E-state index contributed by atoms with van der Waals surface area (Å²) >= 11 is 3.64. The first-order chi connectivity index (χ1) is 18.4. The molecule has 1 atom stereocenters. The number of nitriles is 1. The first-order valence-electron chi connectivity index (χ1n) is 11.7. The normalized spacial score (nSPS) is 15.5. The standard InChI is InChI=1S/C30H22BrN3O4/c1-37-29(35)26-25(17-8-4-3-5-9-17)23(16-32)28(33)34(27(26)30(36)38-2)19-13-12-18-14-24(31)21-11-7-6-10-20(21)22(18)15-19/h3-15,25H,33H2,1-2H3. The number of benzene rings is 4. The summed E-state index contributed by atoms with van der Waals surface area (Å²) in [5.41, 5.74) is 7.72.